The van der Waals surface area contributed by atoms with E-state index in [9.17, 15) is 4.39 Å². The lowest BCUT2D eigenvalue weighted by atomic mass is 9.95. The molecule has 3 aromatic heterocycles. The van der Waals surface area contributed by atoms with E-state index in [1.165, 1.54) is 0 Å². The number of nitrogens with one attached hydrogen (secondary N) is 2. The van der Waals surface area contributed by atoms with Crippen molar-refractivity contribution in [2.75, 3.05) is 18.4 Å². The van der Waals surface area contributed by atoms with E-state index in [1.54, 1.807) is 19.3 Å². The summed E-state index contributed by atoms with van der Waals surface area (Å²) in [5.74, 6) is 0.602. The number of likely N-dealkylation sites (tertiary alicyclic amines) is 1. The molecule has 1 aliphatic heterocycles. The Hall–Kier alpha value is -3.07. The number of benzene rings is 1. The summed E-state index contributed by atoms with van der Waals surface area (Å²) in [5, 5.41) is 15.5. The standard InChI is InChI=1S/C19H20FN7O/c1-19(20)4-8-27(9-5-19)11-14-13-3-2-12(10-15(13)28-26-14)23-18-16-17(24-25-18)22-7-6-21-16/h2-3,6-7,10H,4-5,8-9,11H2,1H3,(H2,22,23,24,25). The zero-order chi connectivity index (χ0) is 19.1. The van der Waals surface area contributed by atoms with Gasteiger partial charge in [-0.05, 0) is 31.9 Å². The first-order valence-electron chi connectivity index (χ1n) is 9.29. The lowest BCUT2D eigenvalue weighted by Gasteiger charge is -2.33. The molecule has 8 nitrogen and oxygen atoms in total. The number of alkyl halides is 1. The Morgan fingerprint density at radius 2 is 2.07 bits per heavy atom. The second kappa shape index (κ2) is 6.52. The molecule has 0 saturated carbocycles. The van der Waals surface area contributed by atoms with Crippen LogP contribution in [-0.2, 0) is 6.54 Å². The summed E-state index contributed by atoms with van der Waals surface area (Å²) in [5.41, 5.74) is 2.63. The molecule has 0 bridgehead atoms. The van der Waals surface area contributed by atoms with Crippen LogP contribution in [0.1, 0.15) is 25.5 Å². The average Bonchev–Trinajstić information content (AvgIpc) is 3.28. The van der Waals surface area contributed by atoms with Crippen LogP contribution in [0.4, 0.5) is 15.9 Å². The number of nitrogens with zero attached hydrogens (tertiary/aromatic N) is 5. The van der Waals surface area contributed by atoms with Gasteiger partial charge in [0.25, 0.3) is 0 Å². The number of anilines is 2. The number of halogens is 1. The molecular formula is C19H20FN7O. The van der Waals surface area contributed by atoms with Gasteiger partial charge in [-0.1, -0.05) is 5.16 Å². The lowest BCUT2D eigenvalue weighted by Crippen LogP contribution is -2.39. The zero-order valence-corrected chi connectivity index (χ0v) is 15.4. The quantitative estimate of drug-likeness (QED) is 0.558. The molecule has 0 unspecified atom stereocenters. The number of H-pyrrole nitrogens is 1. The third kappa shape index (κ3) is 3.18. The van der Waals surface area contributed by atoms with E-state index >= 15 is 0 Å². The smallest absolute Gasteiger partial charge is 0.180 e. The van der Waals surface area contributed by atoms with Crippen molar-refractivity contribution >= 4 is 33.6 Å². The van der Waals surface area contributed by atoms with Gasteiger partial charge in [0.2, 0.25) is 0 Å². The summed E-state index contributed by atoms with van der Waals surface area (Å²) >= 11 is 0. The zero-order valence-electron chi connectivity index (χ0n) is 15.4. The summed E-state index contributed by atoms with van der Waals surface area (Å²) < 4.78 is 19.5. The van der Waals surface area contributed by atoms with Crippen molar-refractivity contribution in [3.8, 4) is 0 Å². The van der Waals surface area contributed by atoms with E-state index in [2.05, 4.69) is 35.5 Å². The van der Waals surface area contributed by atoms with Gasteiger partial charge in [-0.2, -0.15) is 5.10 Å². The SMILES string of the molecule is CC1(F)CCN(Cc2noc3cc(Nc4n[nH]c5nccnc45)ccc23)CC1. The van der Waals surface area contributed by atoms with Crippen molar-refractivity contribution in [1.29, 1.82) is 0 Å². The van der Waals surface area contributed by atoms with E-state index in [0.29, 0.717) is 42.0 Å². The Morgan fingerprint density at radius 3 is 2.93 bits per heavy atom. The number of hydrogen-bond acceptors (Lipinski definition) is 7. The Morgan fingerprint density at radius 1 is 1.25 bits per heavy atom. The topological polar surface area (TPSA) is 95.8 Å². The number of rotatable bonds is 4. The molecule has 5 rings (SSSR count). The molecule has 0 atom stereocenters. The molecule has 4 heterocycles. The number of piperidine rings is 1. The van der Waals surface area contributed by atoms with Crippen LogP contribution in [0.5, 0.6) is 0 Å². The summed E-state index contributed by atoms with van der Waals surface area (Å²) in [6.45, 7) is 3.80. The van der Waals surface area contributed by atoms with Crippen molar-refractivity contribution in [2.24, 2.45) is 0 Å². The van der Waals surface area contributed by atoms with Crippen LogP contribution in [0.25, 0.3) is 22.1 Å². The fourth-order valence-electron chi connectivity index (χ4n) is 3.55. The molecule has 144 valence electrons. The van der Waals surface area contributed by atoms with Gasteiger partial charge >= 0.3 is 0 Å². The summed E-state index contributed by atoms with van der Waals surface area (Å²) in [7, 11) is 0. The predicted molar refractivity (Wildman–Crippen MR) is 103 cm³/mol. The predicted octanol–water partition coefficient (Wildman–Crippen LogP) is 3.56. The molecular weight excluding hydrogens is 361 g/mol. The fourth-order valence-corrected chi connectivity index (χ4v) is 3.55. The maximum Gasteiger partial charge on any atom is 0.180 e. The van der Waals surface area contributed by atoms with E-state index in [4.69, 9.17) is 4.52 Å². The Kier molecular flexibility index (Phi) is 3.97. The number of aromatic nitrogens is 5. The van der Waals surface area contributed by atoms with Crippen molar-refractivity contribution in [3.05, 3.63) is 36.3 Å². The van der Waals surface area contributed by atoms with Gasteiger partial charge < -0.3 is 9.84 Å². The average molecular weight is 381 g/mol. The van der Waals surface area contributed by atoms with E-state index in [-0.39, 0.29) is 0 Å². The third-order valence-corrected chi connectivity index (χ3v) is 5.28. The number of fused-ring (bicyclic) bond motifs is 2. The first kappa shape index (κ1) is 17.1. The maximum atomic E-state index is 14.0. The molecule has 0 radical (unpaired) electrons. The highest BCUT2D eigenvalue weighted by Gasteiger charge is 2.29. The molecule has 1 aliphatic rings. The second-order valence-electron chi connectivity index (χ2n) is 7.48. The van der Waals surface area contributed by atoms with Gasteiger partial charge in [0.05, 0.1) is 0 Å². The molecule has 9 heteroatoms. The normalized spacial score (nSPS) is 17.4. The fraction of sp³-hybridized carbons (Fsp3) is 0.368. The van der Waals surface area contributed by atoms with Crippen LogP contribution in [0.2, 0.25) is 0 Å². The van der Waals surface area contributed by atoms with Crippen LogP contribution in [0.15, 0.2) is 35.1 Å². The first-order chi connectivity index (χ1) is 13.6. The molecule has 28 heavy (non-hydrogen) atoms. The molecule has 2 N–H and O–H groups in total. The third-order valence-electron chi connectivity index (χ3n) is 5.28. The van der Waals surface area contributed by atoms with Gasteiger partial charge in [-0.3, -0.25) is 10.00 Å². The van der Waals surface area contributed by atoms with Crippen LogP contribution in [-0.4, -0.2) is 49.0 Å². The second-order valence-corrected chi connectivity index (χ2v) is 7.48. The highest BCUT2D eigenvalue weighted by molar-refractivity contribution is 5.88. The summed E-state index contributed by atoms with van der Waals surface area (Å²) in [6, 6.07) is 5.82. The number of hydrogen-bond donors (Lipinski definition) is 2. The molecule has 4 aromatic rings. The Balaban J connectivity index is 1.35. The van der Waals surface area contributed by atoms with Crippen LogP contribution in [0, 0.1) is 0 Å². The van der Waals surface area contributed by atoms with Crippen LogP contribution in [0.3, 0.4) is 0 Å². The Labute approximate surface area is 160 Å². The van der Waals surface area contributed by atoms with Gasteiger partial charge in [0.15, 0.2) is 22.6 Å². The van der Waals surface area contributed by atoms with E-state index in [1.807, 2.05) is 18.2 Å². The van der Waals surface area contributed by atoms with E-state index < -0.39 is 5.67 Å². The molecule has 0 aliphatic carbocycles. The molecule has 0 amide bonds. The monoisotopic (exact) mass is 381 g/mol. The Bertz CT molecular complexity index is 1130. The maximum absolute atomic E-state index is 14.0. The summed E-state index contributed by atoms with van der Waals surface area (Å²) in [4.78, 5) is 10.7. The van der Waals surface area contributed by atoms with Crippen LogP contribution < -0.4 is 5.32 Å². The molecule has 1 fully saturated rings. The van der Waals surface area contributed by atoms with Gasteiger partial charge in [-0.15, -0.1) is 0 Å². The van der Waals surface area contributed by atoms with Crippen LogP contribution >= 0.6 is 0 Å². The highest BCUT2D eigenvalue weighted by atomic mass is 19.1. The number of aromatic amines is 1. The van der Waals surface area contributed by atoms with Crippen molar-refractivity contribution < 1.29 is 8.91 Å². The minimum Gasteiger partial charge on any atom is -0.356 e. The molecule has 0 spiro atoms. The van der Waals surface area contributed by atoms with E-state index in [0.717, 1.165) is 29.9 Å². The van der Waals surface area contributed by atoms with Crippen molar-refractivity contribution in [3.63, 3.8) is 0 Å². The van der Waals surface area contributed by atoms with Gasteiger partial charge in [-0.25, -0.2) is 14.4 Å². The van der Waals surface area contributed by atoms with Crippen molar-refractivity contribution in [1.82, 2.24) is 30.2 Å². The summed E-state index contributed by atoms with van der Waals surface area (Å²) in [6.07, 6.45) is 4.35. The van der Waals surface area contributed by atoms with Gasteiger partial charge in [0.1, 0.15) is 11.4 Å². The largest absolute Gasteiger partial charge is 0.356 e. The lowest BCUT2D eigenvalue weighted by molar-refractivity contribution is 0.0696. The van der Waals surface area contributed by atoms with Crippen molar-refractivity contribution in [2.45, 2.75) is 32.0 Å². The molecule has 1 saturated heterocycles. The highest BCUT2D eigenvalue weighted by Crippen LogP contribution is 2.29. The first-order valence-corrected chi connectivity index (χ1v) is 9.29. The molecule has 1 aromatic carbocycles. The van der Waals surface area contributed by atoms with Gasteiger partial charge in [0, 0.05) is 49.2 Å². The minimum atomic E-state index is -1.05. The minimum absolute atomic E-state index is 0.553.